The van der Waals surface area contributed by atoms with Gasteiger partial charge in [-0.15, -0.1) is 0 Å². The summed E-state index contributed by atoms with van der Waals surface area (Å²) in [4.78, 5) is 8.92. The molecule has 0 aliphatic carbocycles. The van der Waals surface area contributed by atoms with Crippen LogP contribution in [0.15, 0.2) is 84.1 Å². The number of halogens is 1. The molecule has 0 fully saturated rings. The first kappa shape index (κ1) is 27.0. The summed E-state index contributed by atoms with van der Waals surface area (Å²) in [5, 5.41) is 20.6. The third kappa shape index (κ3) is 6.77. The van der Waals surface area contributed by atoms with E-state index in [1.165, 1.54) is 18.3 Å². The summed E-state index contributed by atoms with van der Waals surface area (Å²) in [6.45, 7) is 8.27. The van der Waals surface area contributed by atoms with Crippen molar-refractivity contribution in [2.24, 2.45) is 5.73 Å². The molecular formula is C30H31FN6. The summed E-state index contributed by atoms with van der Waals surface area (Å²) in [7, 11) is 0. The van der Waals surface area contributed by atoms with Gasteiger partial charge in [0.2, 0.25) is 0 Å². The number of rotatable bonds is 9. The number of hydrogen-bond acceptors (Lipinski definition) is 5. The second-order valence-corrected chi connectivity index (χ2v) is 8.61. The molecule has 0 saturated heterocycles. The predicted octanol–water partition coefficient (Wildman–Crippen LogP) is 6.48. The van der Waals surface area contributed by atoms with Crippen LogP contribution < -0.4 is 11.1 Å². The molecule has 1 heterocycles. The van der Waals surface area contributed by atoms with E-state index in [0.29, 0.717) is 23.6 Å². The van der Waals surface area contributed by atoms with E-state index in [1.807, 2.05) is 76.3 Å². The molecule has 0 radical (unpaired) electrons. The highest BCUT2D eigenvalue weighted by Gasteiger charge is 2.17. The molecule has 0 aliphatic heterocycles. The van der Waals surface area contributed by atoms with Crippen LogP contribution in [0.4, 0.5) is 10.2 Å². The number of amidine groups is 1. The summed E-state index contributed by atoms with van der Waals surface area (Å²) in [6.07, 6.45) is 7.30. The van der Waals surface area contributed by atoms with E-state index in [-0.39, 0.29) is 23.3 Å². The molecule has 4 N–H and O–H groups in total. The van der Waals surface area contributed by atoms with Gasteiger partial charge in [-0.1, -0.05) is 55.5 Å². The molecule has 7 heteroatoms. The Morgan fingerprint density at radius 2 is 1.81 bits per heavy atom. The van der Waals surface area contributed by atoms with E-state index >= 15 is 0 Å². The van der Waals surface area contributed by atoms with E-state index in [1.54, 1.807) is 12.1 Å². The second kappa shape index (κ2) is 12.4. The van der Waals surface area contributed by atoms with Gasteiger partial charge in [-0.3, -0.25) is 5.41 Å². The van der Waals surface area contributed by atoms with E-state index in [2.05, 4.69) is 15.3 Å². The smallest absolute Gasteiger partial charge is 0.159 e. The molecule has 0 amide bonds. The van der Waals surface area contributed by atoms with Gasteiger partial charge in [0.05, 0.1) is 11.9 Å². The fourth-order valence-electron chi connectivity index (χ4n) is 3.85. The molecule has 6 nitrogen and oxygen atoms in total. The van der Waals surface area contributed by atoms with Crippen molar-refractivity contribution in [1.82, 2.24) is 9.97 Å². The van der Waals surface area contributed by atoms with Gasteiger partial charge in [-0.25, -0.2) is 14.4 Å². The lowest BCUT2D eigenvalue weighted by Gasteiger charge is -2.17. The van der Waals surface area contributed by atoms with E-state index in [4.69, 9.17) is 11.1 Å². The lowest BCUT2D eigenvalue weighted by molar-refractivity contribution is 0.626. The second-order valence-electron chi connectivity index (χ2n) is 8.61. The largest absolute Gasteiger partial charge is 0.384 e. The average Bonchev–Trinajstić information content (AvgIpc) is 2.92. The molecule has 3 aromatic rings. The lowest BCUT2D eigenvalue weighted by Crippen LogP contribution is -2.14. The van der Waals surface area contributed by atoms with Crippen LogP contribution in [-0.2, 0) is 6.54 Å². The van der Waals surface area contributed by atoms with Crippen molar-refractivity contribution in [3.05, 3.63) is 118 Å². The molecule has 0 saturated carbocycles. The Hall–Kier alpha value is -4.57. The van der Waals surface area contributed by atoms with Gasteiger partial charge in [0.25, 0.3) is 0 Å². The Balaban J connectivity index is 1.82. The van der Waals surface area contributed by atoms with Crippen LogP contribution in [0.1, 0.15) is 61.7 Å². The first-order valence-electron chi connectivity index (χ1n) is 12.0. The summed E-state index contributed by atoms with van der Waals surface area (Å²) in [5.41, 5.74) is 12.2. The maximum absolute atomic E-state index is 13.4. The Kier molecular flexibility index (Phi) is 9.06. The van der Waals surface area contributed by atoms with E-state index in [9.17, 15) is 9.65 Å². The first-order valence-corrected chi connectivity index (χ1v) is 12.0. The highest BCUT2D eigenvalue weighted by Crippen LogP contribution is 2.28. The zero-order valence-electron chi connectivity index (χ0n) is 21.5. The topological polar surface area (TPSA) is 111 Å². The van der Waals surface area contributed by atoms with Crippen molar-refractivity contribution in [3.8, 4) is 6.07 Å². The molecule has 0 bridgehead atoms. The molecule has 1 atom stereocenters. The molecule has 37 heavy (non-hydrogen) atoms. The fourth-order valence-corrected chi connectivity index (χ4v) is 3.85. The van der Waals surface area contributed by atoms with Crippen LogP contribution in [0.5, 0.6) is 0 Å². The molecule has 2 aromatic carbocycles. The maximum Gasteiger partial charge on any atom is 0.159 e. The Bertz CT molecular complexity index is 1390. The van der Waals surface area contributed by atoms with Gasteiger partial charge in [-0.05, 0) is 66.8 Å². The third-order valence-electron chi connectivity index (χ3n) is 6.20. The van der Waals surface area contributed by atoms with Gasteiger partial charge in [0.15, 0.2) is 5.69 Å². The minimum atomic E-state index is -0.305. The molecular weight excluding hydrogens is 463 g/mol. The predicted molar refractivity (Wildman–Crippen MR) is 148 cm³/mol. The highest BCUT2D eigenvalue weighted by molar-refractivity contribution is 6.01. The minimum Gasteiger partial charge on any atom is -0.384 e. The van der Waals surface area contributed by atoms with Crippen LogP contribution >= 0.6 is 0 Å². The molecule has 188 valence electrons. The zero-order chi connectivity index (χ0) is 26.9. The molecule has 1 aromatic heterocycles. The zero-order valence-corrected chi connectivity index (χ0v) is 21.5. The van der Waals surface area contributed by atoms with Crippen LogP contribution in [0.25, 0.3) is 5.57 Å². The highest BCUT2D eigenvalue weighted by atomic mass is 19.1. The Labute approximate surface area is 217 Å². The number of aromatic nitrogens is 2. The number of allylic oxidation sites excluding steroid dienone is 4. The molecule has 0 aliphatic rings. The van der Waals surface area contributed by atoms with Crippen molar-refractivity contribution in [2.45, 2.75) is 40.2 Å². The van der Waals surface area contributed by atoms with Gasteiger partial charge in [-0.2, -0.15) is 5.26 Å². The number of hydrogen-bond donors (Lipinski definition) is 3. The SMILES string of the molecule is C/C=C(C)/C(=C\C(=C/C)c1ccc(CNc2ncc(C#N)nc2[C@@H](C)c2ccc(F)cc2)cc1)C(=N)N. The molecule has 3 rings (SSSR count). The van der Waals surface area contributed by atoms with Crippen molar-refractivity contribution in [3.63, 3.8) is 0 Å². The average molecular weight is 495 g/mol. The fraction of sp³-hybridized carbons (Fsp3) is 0.200. The normalized spacial score (nSPS) is 13.1. The van der Waals surface area contributed by atoms with Gasteiger partial charge in [0.1, 0.15) is 23.5 Å². The van der Waals surface area contributed by atoms with E-state index in [0.717, 1.165) is 27.8 Å². The van der Waals surface area contributed by atoms with E-state index < -0.39 is 0 Å². The van der Waals surface area contributed by atoms with Crippen molar-refractivity contribution in [2.75, 3.05) is 5.32 Å². The van der Waals surface area contributed by atoms with Gasteiger partial charge < -0.3 is 11.1 Å². The van der Waals surface area contributed by atoms with Crippen LogP contribution in [0, 0.1) is 22.6 Å². The van der Waals surface area contributed by atoms with Gasteiger partial charge >= 0.3 is 0 Å². The molecule has 0 spiro atoms. The number of nitriles is 1. The number of benzene rings is 2. The standard InChI is InChI=1S/C30H31FN6/c1-5-19(3)27(29(33)34)15-22(6-2)24-9-7-21(8-10-24)17-35-30-28(37-26(16-32)18-36-30)20(4)23-11-13-25(31)14-12-23/h5-15,18,20H,17H2,1-4H3,(H3,33,34)(H,35,36)/b19-5+,22-6+,27-15+/t20-/m0/s1. The first-order chi connectivity index (χ1) is 17.8. The number of nitrogens with two attached hydrogens (primary N) is 1. The van der Waals surface area contributed by atoms with Crippen LogP contribution in [0.3, 0.4) is 0 Å². The summed E-state index contributed by atoms with van der Waals surface area (Å²) < 4.78 is 13.4. The van der Waals surface area contributed by atoms with Crippen LogP contribution in [-0.4, -0.2) is 15.8 Å². The van der Waals surface area contributed by atoms with Crippen molar-refractivity contribution in [1.29, 1.82) is 10.7 Å². The van der Waals surface area contributed by atoms with Crippen molar-refractivity contribution >= 4 is 17.2 Å². The summed E-state index contributed by atoms with van der Waals surface area (Å²) in [6, 6.07) is 16.4. The summed E-state index contributed by atoms with van der Waals surface area (Å²) >= 11 is 0. The Morgan fingerprint density at radius 3 is 2.38 bits per heavy atom. The van der Waals surface area contributed by atoms with Gasteiger partial charge in [0, 0.05) is 18.0 Å². The third-order valence-corrected chi connectivity index (χ3v) is 6.20. The lowest BCUT2D eigenvalue weighted by atomic mass is 9.97. The quantitative estimate of drug-likeness (QED) is 0.179. The maximum atomic E-state index is 13.4. The monoisotopic (exact) mass is 494 g/mol. The van der Waals surface area contributed by atoms with Crippen LogP contribution in [0.2, 0.25) is 0 Å². The number of nitrogens with one attached hydrogen (secondary N) is 2. The Morgan fingerprint density at radius 1 is 1.14 bits per heavy atom. The minimum absolute atomic E-state index is 0.0324. The van der Waals surface area contributed by atoms with Crippen molar-refractivity contribution < 1.29 is 4.39 Å². The number of anilines is 1. The number of nitrogens with zero attached hydrogens (tertiary/aromatic N) is 3. The summed E-state index contributed by atoms with van der Waals surface area (Å²) in [5.74, 6) is 0.113. The molecule has 0 unspecified atom stereocenters.